The van der Waals surface area contributed by atoms with Crippen molar-refractivity contribution in [2.45, 2.75) is 25.4 Å². The van der Waals surface area contributed by atoms with E-state index in [0.717, 1.165) is 25.9 Å². The molecule has 1 unspecified atom stereocenters. The molecule has 1 aromatic carbocycles. The van der Waals surface area contributed by atoms with Crippen molar-refractivity contribution in [3.63, 3.8) is 0 Å². The first kappa shape index (κ1) is 19.9. The number of H-pyrrole nitrogens is 1. The number of hydrogen-bond donors (Lipinski definition) is 3. The molecule has 2 aliphatic rings. The number of nitrogens with one attached hydrogen (secondary N) is 2. The van der Waals surface area contributed by atoms with Crippen molar-refractivity contribution < 1.29 is 19.0 Å². The number of amides is 1. The molecular weight excluding hydrogens is 401 g/mol. The molecule has 1 atom stereocenters. The van der Waals surface area contributed by atoms with Crippen molar-refractivity contribution in [1.29, 1.82) is 0 Å². The summed E-state index contributed by atoms with van der Waals surface area (Å²) in [7, 11) is 0. The quantitative estimate of drug-likeness (QED) is 0.583. The summed E-state index contributed by atoms with van der Waals surface area (Å²) in [5.74, 6) is -1.29. The smallest absolute Gasteiger partial charge is 0.254 e. The average Bonchev–Trinajstić information content (AvgIpc) is 3.16. The van der Waals surface area contributed by atoms with E-state index in [9.17, 15) is 14.3 Å². The van der Waals surface area contributed by atoms with E-state index in [1.807, 2.05) is 11.8 Å². The van der Waals surface area contributed by atoms with Crippen LogP contribution in [0.3, 0.4) is 0 Å². The molecule has 1 spiro atoms. The number of aromatic hydroxyl groups is 1. The van der Waals surface area contributed by atoms with Gasteiger partial charge in [-0.3, -0.25) is 9.89 Å². The predicted octanol–water partition coefficient (Wildman–Crippen LogP) is 2.37. The van der Waals surface area contributed by atoms with Crippen LogP contribution < -0.4 is 5.32 Å². The van der Waals surface area contributed by atoms with Crippen LogP contribution in [-0.4, -0.2) is 69.5 Å². The van der Waals surface area contributed by atoms with Crippen molar-refractivity contribution in [2.24, 2.45) is 0 Å². The number of ether oxygens (including phenoxy) is 1. The van der Waals surface area contributed by atoms with E-state index in [2.05, 4.69) is 20.5 Å². The van der Waals surface area contributed by atoms with Gasteiger partial charge in [0.15, 0.2) is 17.2 Å². The molecule has 162 valence electrons. The van der Waals surface area contributed by atoms with Crippen molar-refractivity contribution in [3.05, 3.63) is 41.3 Å². The number of fused-ring (bicyclic) bond motifs is 1. The molecular formula is C22H24FN5O3. The lowest BCUT2D eigenvalue weighted by Crippen LogP contribution is -2.59. The predicted molar refractivity (Wildman–Crippen MR) is 112 cm³/mol. The number of likely N-dealkylation sites (tertiary alicyclic amines) is 1. The molecule has 0 aliphatic carbocycles. The second-order valence-corrected chi connectivity index (χ2v) is 8.29. The Morgan fingerprint density at radius 1 is 1.35 bits per heavy atom. The van der Waals surface area contributed by atoms with E-state index in [0.29, 0.717) is 53.2 Å². The summed E-state index contributed by atoms with van der Waals surface area (Å²) in [5.41, 5.74) is 2.16. The molecule has 0 bridgehead atoms. The van der Waals surface area contributed by atoms with Gasteiger partial charge in [0.1, 0.15) is 0 Å². The minimum Gasteiger partial charge on any atom is -0.505 e. The molecule has 3 N–H and O–H groups in total. The number of carbonyl (C=O) groups is 1. The van der Waals surface area contributed by atoms with Gasteiger partial charge in [0.25, 0.3) is 5.91 Å². The highest BCUT2D eigenvalue weighted by Gasteiger charge is 2.40. The Bertz CT molecular complexity index is 1150. The Morgan fingerprint density at radius 2 is 2.23 bits per heavy atom. The minimum absolute atomic E-state index is 0.120. The zero-order valence-corrected chi connectivity index (χ0v) is 17.2. The van der Waals surface area contributed by atoms with Gasteiger partial charge in [-0.1, -0.05) is 0 Å². The van der Waals surface area contributed by atoms with Crippen LogP contribution in [0.4, 0.5) is 4.39 Å². The number of aromatic amines is 1. The number of benzene rings is 1. The second-order valence-electron chi connectivity index (χ2n) is 8.29. The first-order chi connectivity index (χ1) is 15.0. The molecule has 3 aromatic rings. The van der Waals surface area contributed by atoms with Gasteiger partial charge in [-0.2, -0.15) is 5.10 Å². The molecule has 9 heteroatoms. The number of phenols is 1. The molecule has 31 heavy (non-hydrogen) atoms. The number of nitrogens with zero attached hydrogens (tertiary/aromatic N) is 3. The number of hydrogen-bond acceptors (Lipinski definition) is 6. The fraction of sp³-hybridized carbons (Fsp3) is 0.409. The fourth-order valence-electron chi connectivity index (χ4n) is 4.58. The van der Waals surface area contributed by atoms with Crippen molar-refractivity contribution in [2.75, 3.05) is 32.8 Å². The third kappa shape index (κ3) is 3.53. The summed E-state index contributed by atoms with van der Waals surface area (Å²) in [4.78, 5) is 20.0. The topological polar surface area (TPSA) is 103 Å². The number of pyridine rings is 1. The van der Waals surface area contributed by atoms with E-state index in [4.69, 9.17) is 4.74 Å². The summed E-state index contributed by atoms with van der Waals surface area (Å²) in [6, 6.07) is 5.73. The first-order valence-corrected chi connectivity index (χ1v) is 10.4. The van der Waals surface area contributed by atoms with E-state index in [1.54, 1.807) is 12.1 Å². The fourth-order valence-corrected chi connectivity index (χ4v) is 4.58. The number of aromatic nitrogens is 3. The molecule has 2 saturated heterocycles. The van der Waals surface area contributed by atoms with Gasteiger partial charge in [0, 0.05) is 25.2 Å². The number of piperidine rings is 1. The van der Waals surface area contributed by atoms with Crippen LogP contribution in [0, 0.1) is 12.7 Å². The normalized spacial score (nSPS) is 21.7. The summed E-state index contributed by atoms with van der Waals surface area (Å²) >= 11 is 0. The number of rotatable bonds is 2. The maximum Gasteiger partial charge on any atom is 0.254 e. The Labute approximate surface area is 178 Å². The van der Waals surface area contributed by atoms with Gasteiger partial charge in [0.05, 0.1) is 41.1 Å². The SMILES string of the molecule is Cc1n[nH]c2nc(-c3ccc(O)c(F)c3)cc(C(=O)N3CCCC4(CNCCO4)C3)c12. The van der Waals surface area contributed by atoms with Crippen LogP contribution in [0.5, 0.6) is 5.75 Å². The molecule has 8 nitrogen and oxygen atoms in total. The Balaban J connectivity index is 1.55. The van der Waals surface area contributed by atoms with E-state index < -0.39 is 11.6 Å². The van der Waals surface area contributed by atoms with Crippen LogP contribution in [0.1, 0.15) is 28.9 Å². The zero-order valence-electron chi connectivity index (χ0n) is 17.2. The Morgan fingerprint density at radius 3 is 3.00 bits per heavy atom. The highest BCUT2D eigenvalue weighted by molar-refractivity contribution is 6.07. The maximum absolute atomic E-state index is 13.9. The molecule has 0 radical (unpaired) electrons. The van der Waals surface area contributed by atoms with E-state index in [-0.39, 0.29) is 11.5 Å². The molecule has 2 fully saturated rings. The largest absolute Gasteiger partial charge is 0.505 e. The standard InChI is InChI=1S/C22H24FN5O3/c1-13-19-15(21(30)28-7-2-5-22(12-28)11-24-6-8-31-22)10-17(25-20(19)27-26-13)14-3-4-18(29)16(23)9-14/h3-4,9-10,24,29H,2,5-8,11-12H2,1H3,(H,25,26,27). The second kappa shape index (κ2) is 7.58. The van der Waals surface area contributed by atoms with Crippen LogP contribution in [-0.2, 0) is 4.74 Å². The molecule has 2 aliphatic heterocycles. The number of phenolic OH excluding ortho intramolecular Hbond substituents is 1. The van der Waals surface area contributed by atoms with Crippen LogP contribution in [0.2, 0.25) is 0 Å². The van der Waals surface area contributed by atoms with Gasteiger partial charge >= 0.3 is 0 Å². The van der Waals surface area contributed by atoms with Gasteiger partial charge < -0.3 is 20.1 Å². The third-order valence-electron chi connectivity index (χ3n) is 6.15. The average molecular weight is 425 g/mol. The lowest BCUT2D eigenvalue weighted by atomic mass is 9.90. The molecule has 0 saturated carbocycles. The minimum atomic E-state index is -0.743. The van der Waals surface area contributed by atoms with Crippen molar-refractivity contribution >= 4 is 16.9 Å². The van der Waals surface area contributed by atoms with Gasteiger partial charge in [-0.25, -0.2) is 9.37 Å². The highest BCUT2D eigenvalue weighted by Crippen LogP contribution is 2.31. The van der Waals surface area contributed by atoms with Crippen LogP contribution in [0.25, 0.3) is 22.3 Å². The third-order valence-corrected chi connectivity index (χ3v) is 6.15. The number of halogens is 1. The number of carbonyl (C=O) groups excluding carboxylic acids is 1. The lowest BCUT2D eigenvalue weighted by Gasteiger charge is -2.45. The Hall–Kier alpha value is -3.04. The molecule has 2 aromatic heterocycles. The monoisotopic (exact) mass is 425 g/mol. The molecule has 5 rings (SSSR count). The van der Waals surface area contributed by atoms with Crippen molar-refractivity contribution in [3.8, 4) is 17.0 Å². The first-order valence-electron chi connectivity index (χ1n) is 10.4. The maximum atomic E-state index is 13.9. The van der Waals surface area contributed by atoms with Crippen LogP contribution >= 0.6 is 0 Å². The molecule has 4 heterocycles. The summed E-state index contributed by atoms with van der Waals surface area (Å²) < 4.78 is 20.0. The molecule has 1 amide bonds. The van der Waals surface area contributed by atoms with Gasteiger partial charge in [-0.15, -0.1) is 0 Å². The van der Waals surface area contributed by atoms with Crippen molar-refractivity contribution in [1.82, 2.24) is 25.4 Å². The summed E-state index contributed by atoms with van der Waals surface area (Å²) in [6.07, 6.45) is 1.78. The zero-order chi connectivity index (χ0) is 21.6. The summed E-state index contributed by atoms with van der Waals surface area (Å²) in [5, 5.41) is 20.6. The van der Waals surface area contributed by atoms with E-state index in [1.165, 1.54) is 12.1 Å². The summed E-state index contributed by atoms with van der Waals surface area (Å²) in [6.45, 7) is 5.17. The van der Waals surface area contributed by atoms with Crippen LogP contribution in [0.15, 0.2) is 24.3 Å². The highest BCUT2D eigenvalue weighted by atomic mass is 19.1. The van der Waals surface area contributed by atoms with Gasteiger partial charge in [0.2, 0.25) is 0 Å². The van der Waals surface area contributed by atoms with E-state index >= 15 is 0 Å². The Kier molecular flexibility index (Phi) is 4.86. The van der Waals surface area contributed by atoms with Gasteiger partial charge in [-0.05, 0) is 44.0 Å². The lowest BCUT2D eigenvalue weighted by molar-refractivity contribution is -0.0988. The number of aryl methyl sites for hydroxylation is 1. The number of morpholine rings is 1.